The van der Waals surface area contributed by atoms with E-state index < -0.39 is 5.60 Å². The zero-order valence-electron chi connectivity index (χ0n) is 13.0. The predicted octanol–water partition coefficient (Wildman–Crippen LogP) is 1.75. The molecule has 0 aliphatic carbocycles. The maximum Gasteiger partial charge on any atom is 0.252 e. The Bertz CT molecular complexity index is 488. The number of hydrogen-bond acceptors (Lipinski definition) is 3. The van der Waals surface area contributed by atoms with Gasteiger partial charge >= 0.3 is 0 Å². The lowest BCUT2D eigenvalue weighted by Crippen LogP contribution is -2.45. The summed E-state index contributed by atoms with van der Waals surface area (Å²) in [4.78, 5) is 12.1. The molecular formula is C15H25N3O2. The Morgan fingerprint density at radius 2 is 2.25 bits per heavy atom. The summed E-state index contributed by atoms with van der Waals surface area (Å²) in [6, 6.07) is 0. The lowest BCUT2D eigenvalue weighted by molar-refractivity contribution is -0.139. The molecule has 0 spiro atoms. The van der Waals surface area contributed by atoms with Crippen LogP contribution in [0.4, 0.5) is 0 Å². The van der Waals surface area contributed by atoms with Crippen molar-refractivity contribution in [2.45, 2.75) is 59.1 Å². The Balaban J connectivity index is 1.88. The predicted molar refractivity (Wildman–Crippen MR) is 77.7 cm³/mol. The minimum Gasteiger partial charge on any atom is -0.365 e. The summed E-state index contributed by atoms with van der Waals surface area (Å²) >= 11 is 0. The van der Waals surface area contributed by atoms with Crippen molar-refractivity contribution in [1.82, 2.24) is 15.1 Å². The molecule has 1 amide bonds. The SMILES string of the molecule is CCc1c(C)nn(CCNC(=O)C2(C)CCCO2)c1C. The molecule has 2 rings (SSSR count). The standard InChI is InChI=1S/C15H25N3O2/c1-5-13-11(2)17-18(12(13)3)9-8-16-14(19)15(4)7-6-10-20-15/h5-10H2,1-4H3,(H,16,19). The molecule has 1 aromatic heterocycles. The highest BCUT2D eigenvalue weighted by Gasteiger charge is 2.37. The van der Waals surface area contributed by atoms with Gasteiger partial charge in [0.05, 0.1) is 12.2 Å². The van der Waals surface area contributed by atoms with E-state index in [0.717, 1.165) is 25.0 Å². The number of nitrogens with one attached hydrogen (secondary N) is 1. The van der Waals surface area contributed by atoms with Crippen LogP contribution < -0.4 is 5.32 Å². The molecule has 1 aliphatic heterocycles. The van der Waals surface area contributed by atoms with Gasteiger partial charge in [-0.3, -0.25) is 9.48 Å². The largest absolute Gasteiger partial charge is 0.365 e. The zero-order chi connectivity index (χ0) is 14.8. The molecule has 1 atom stereocenters. The van der Waals surface area contributed by atoms with Crippen molar-refractivity contribution in [3.8, 4) is 0 Å². The third kappa shape index (κ3) is 2.87. The summed E-state index contributed by atoms with van der Waals surface area (Å²) < 4.78 is 7.51. The smallest absolute Gasteiger partial charge is 0.252 e. The number of aromatic nitrogens is 2. The van der Waals surface area contributed by atoms with Crippen LogP contribution in [0.2, 0.25) is 0 Å². The third-order valence-electron chi connectivity index (χ3n) is 4.19. The van der Waals surface area contributed by atoms with E-state index in [2.05, 4.69) is 24.3 Å². The second kappa shape index (κ2) is 5.95. The minimum absolute atomic E-state index is 0.00718. The van der Waals surface area contributed by atoms with Crippen molar-refractivity contribution in [2.75, 3.05) is 13.2 Å². The maximum atomic E-state index is 12.1. The van der Waals surface area contributed by atoms with Gasteiger partial charge in [-0.2, -0.15) is 5.10 Å². The highest BCUT2D eigenvalue weighted by Crippen LogP contribution is 2.24. The van der Waals surface area contributed by atoms with Gasteiger partial charge < -0.3 is 10.1 Å². The molecule has 112 valence electrons. The van der Waals surface area contributed by atoms with Crippen molar-refractivity contribution >= 4 is 5.91 Å². The van der Waals surface area contributed by atoms with E-state index in [4.69, 9.17) is 4.74 Å². The number of ether oxygens (including phenoxy) is 1. The first-order chi connectivity index (χ1) is 9.48. The summed E-state index contributed by atoms with van der Waals surface area (Å²) in [5.41, 5.74) is 2.95. The van der Waals surface area contributed by atoms with Gasteiger partial charge in [0.2, 0.25) is 0 Å². The van der Waals surface area contributed by atoms with E-state index in [-0.39, 0.29) is 5.91 Å². The monoisotopic (exact) mass is 279 g/mol. The highest BCUT2D eigenvalue weighted by atomic mass is 16.5. The fraction of sp³-hybridized carbons (Fsp3) is 0.733. The van der Waals surface area contributed by atoms with Gasteiger partial charge in [0, 0.05) is 18.8 Å². The van der Waals surface area contributed by atoms with Crippen LogP contribution in [0.15, 0.2) is 0 Å². The third-order valence-corrected chi connectivity index (χ3v) is 4.19. The summed E-state index contributed by atoms with van der Waals surface area (Å²) in [6.07, 6.45) is 2.76. The van der Waals surface area contributed by atoms with Crippen LogP contribution in [0, 0.1) is 13.8 Å². The van der Waals surface area contributed by atoms with Crippen molar-refractivity contribution in [3.05, 3.63) is 17.0 Å². The summed E-state index contributed by atoms with van der Waals surface area (Å²) in [7, 11) is 0. The Hall–Kier alpha value is -1.36. The molecule has 0 radical (unpaired) electrons. The van der Waals surface area contributed by atoms with Crippen LogP contribution in [0.1, 0.15) is 43.6 Å². The molecule has 1 fully saturated rings. The molecule has 1 unspecified atom stereocenters. The van der Waals surface area contributed by atoms with E-state index in [0.29, 0.717) is 19.7 Å². The van der Waals surface area contributed by atoms with Crippen molar-refractivity contribution in [2.24, 2.45) is 0 Å². The number of aryl methyl sites for hydroxylation is 1. The van der Waals surface area contributed by atoms with Gasteiger partial charge in [0.25, 0.3) is 5.91 Å². The molecule has 5 heteroatoms. The number of carbonyl (C=O) groups excluding carboxylic acids is 1. The van der Waals surface area contributed by atoms with Crippen LogP contribution in [-0.4, -0.2) is 34.4 Å². The average molecular weight is 279 g/mol. The molecule has 0 aromatic carbocycles. The summed E-state index contributed by atoms with van der Waals surface area (Å²) in [6.45, 7) is 10.1. The molecule has 1 saturated heterocycles. The first-order valence-corrected chi connectivity index (χ1v) is 7.43. The van der Waals surface area contributed by atoms with E-state index in [1.165, 1.54) is 11.3 Å². The Morgan fingerprint density at radius 3 is 2.80 bits per heavy atom. The lowest BCUT2D eigenvalue weighted by atomic mass is 10.0. The average Bonchev–Trinajstić information content (AvgIpc) is 2.96. The lowest BCUT2D eigenvalue weighted by Gasteiger charge is -2.21. The first-order valence-electron chi connectivity index (χ1n) is 7.43. The second-order valence-electron chi connectivity index (χ2n) is 5.66. The number of amides is 1. The van der Waals surface area contributed by atoms with Crippen molar-refractivity contribution in [3.63, 3.8) is 0 Å². The molecule has 0 saturated carbocycles. The Morgan fingerprint density at radius 1 is 1.50 bits per heavy atom. The van der Waals surface area contributed by atoms with Gasteiger partial charge in [0.1, 0.15) is 5.60 Å². The van der Waals surface area contributed by atoms with E-state index in [1.807, 2.05) is 18.5 Å². The first kappa shape index (κ1) is 15.0. The highest BCUT2D eigenvalue weighted by molar-refractivity contribution is 5.84. The van der Waals surface area contributed by atoms with Gasteiger partial charge in [-0.1, -0.05) is 6.92 Å². The van der Waals surface area contributed by atoms with Crippen LogP contribution in [0.5, 0.6) is 0 Å². The quantitative estimate of drug-likeness (QED) is 0.893. The molecule has 5 nitrogen and oxygen atoms in total. The van der Waals surface area contributed by atoms with Crippen LogP contribution in [0.3, 0.4) is 0 Å². The molecule has 20 heavy (non-hydrogen) atoms. The number of carbonyl (C=O) groups is 1. The van der Waals surface area contributed by atoms with Crippen LogP contribution >= 0.6 is 0 Å². The normalized spacial score (nSPS) is 22.2. The maximum absolute atomic E-state index is 12.1. The summed E-state index contributed by atoms with van der Waals surface area (Å²) in [5, 5.41) is 7.49. The topological polar surface area (TPSA) is 56.2 Å². The van der Waals surface area contributed by atoms with Gasteiger partial charge in [0.15, 0.2) is 0 Å². The Labute approximate surface area is 120 Å². The molecule has 1 aliphatic rings. The van der Waals surface area contributed by atoms with Crippen LogP contribution in [0.25, 0.3) is 0 Å². The minimum atomic E-state index is -0.635. The number of nitrogens with zero attached hydrogens (tertiary/aromatic N) is 2. The molecule has 2 heterocycles. The number of rotatable bonds is 5. The fourth-order valence-electron chi connectivity index (χ4n) is 2.88. The van der Waals surface area contributed by atoms with E-state index in [9.17, 15) is 4.79 Å². The van der Waals surface area contributed by atoms with Crippen molar-refractivity contribution < 1.29 is 9.53 Å². The molecule has 1 aromatic rings. The molecule has 1 N–H and O–H groups in total. The number of hydrogen-bond donors (Lipinski definition) is 1. The fourth-order valence-corrected chi connectivity index (χ4v) is 2.88. The van der Waals surface area contributed by atoms with Gasteiger partial charge in [-0.05, 0) is 45.6 Å². The van der Waals surface area contributed by atoms with E-state index in [1.54, 1.807) is 0 Å². The molecule has 0 bridgehead atoms. The molecular weight excluding hydrogens is 254 g/mol. The summed E-state index contributed by atoms with van der Waals surface area (Å²) in [5.74, 6) is -0.00718. The Kier molecular flexibility index (Phi) is 4.48. The van der Waals surface area contributed by atoms with E-state index >= 15 is 0 Å². The van der Waals surface area contributed by atoms with Gasteiger partial charge in [-0.15, -0.1) is 0 Å². The van der Waals surface area contributed by atoms with Crippen molar-refractivity contribution in [1.29, 1.82) is 0 Å². The zero-order valence-corrected chi connectivity index (χ0v) is 13.0. The van der Waals surface area contributed by atoms with Crippen LogP contribution in [-0.2, 0) is 22.5 Å². The second-order valence-corrected chi connectivity index (χ2v) is 5.66. The van der Waals surface area contributed by atoms with Gasteiger partial charge in [-0.25, -0.2) is 0 Å².